The van der Waals surface area contributed by atoms with Crippen molar-refractivity contribution in [3.8, 4) is 0 Å². The van der Waals surface area contributed by atoms with Gasteiger partial charge < -0.3 is 9.88 Å². The number of amides is 1. The van der Waals surface area contributed by atoms with Crippen molar-refractivity contribution in [3.05, 3.63) is 36.0 Å². The highest BCUT2D eigenvalue weighted by atomic mass is 16.1. The van der Waals surface area contributed by atoms with Gasteiger partial charge in [0.05, 0.1) is 0 Å². The lowest BCUT2D eigenvalue weighted by Crippen LogP contribution is -2.25. The molecular formula is C17H24N2O. The van der Waals surface area contributed by atoms with Crippen molar-refractivity contribution in [1.29, 1.82) is 0 Å². The van der Waals surface area contributed by atoms with Gasteiger partial charge in [0.1, 0.15) is 0 Å². The SMILES string of the molecule is CCCC(=O)NCCc1cn(CCC)c2ccccc12. The lowest BCUT2D eigenvalue weighted by Gasteiger charge is -2.03. The largest absolute Gasteiger partial charge is 0.356 e. The summed E-state index contributed by atoms with van der Waals surface area (Å²) >= 11 is 0. The average Bonchev–Trinajstić information content (AvgIpc) is 2.79. The molecule has 0 aliphatic rings. The molecule has 0 spiro atoms. The predicted octanol–water partition coefficient (Wildman–Crippen LogP) is 3.51. The third kappa shape index (κ3) is 3.41. The van der Waals surface area contributed by atoms with Crippen molar-refractivity contribution >= 4 is 16.8 Å². The van der Waals surface area contributed by atoms with Crippen molar-refractivity contribution < 1.29 is 4.79 Å². The number of para-hydroxylation sites is 1. The molecule has 0 aliphatic heterocycles. The number of aromatic nitrogens is 1. The number of nitrogens with zero attached hydrogens (tertiary/aromatic N) is 1. The summed E-state index contributed by atoms with van der Waals surface area (Å²) in [7, 11) is 0. The minimum absolute atomic E-state index is 0.157. The molecule has 1 amide bonds. The van der Waals surface area contributed by atoms with E-state index in [4.69, 9.17) is 0 Å². The topological polar surface area (TPSA) is 34.0 Å². The van der Waals surface area contributed by atoms with E-state index in [1.54, 1.807) is 0 Å². The van der Waals surface area contributed by atoms with Crippen LogP contribution < -0.4 is 5.32 Å². The highest BCUT2D eigenvalue weighted by Gasteiger charge is 2.07. The van der Waals surface area contributed by atoms with Gasteiger partial charge in [0, 0.05) is 36.6 Å². The molecule has 108 valence electrons. The summed E-state index contributed by atoms with van der Waals surface area (Å²) in [6.07, 6.45) is 5.79. The Morgan fingerprint density at radius 3 is 2.75 bits per heavy atom. The fourth-order valence-corrected chi connectivity index (χ4v) is 2.60. The molecule has 3 nitrogen and oxygen atoms in total. The molecule has 2 rings (SSSR count). The van der Waals surface area contributed by atoms with Crippen molar-refractivity contribution in [2.45, 2.75) is 46.1 Å². The molecule has 0 saturated carbocycles. The van der Waals surface area contributed by atoms with Gasteiger partial charge in [-0.15, -0.1) is 0 Å². The normalized spacial score (nSPS) is 10.9. The van der Waals surface area contributed by atoms with Crippen LogP contribution in [0.25, 0.3) is 10.9 Å². The van der Waals surface area contributed by atoms with E-state index < -0.39 is 0 Å². The van der Waals surface area contributed by atoms with Crippen molar-refractivity contribution in [2.75, 3.05) is 6.54 Å². The smallest absolute Gasteiger partial charge is 0.219 e. The van der Waals surface area contributed by atoms with Gasteiger partial charge in [-0.3, -0.25) is 4.79 Å². The molecule has 0 atom stereocenters. The summed E-state index contributed by atoms with van der Waals surface area (Å²) in [5.41, 5.74) is 2.62. The zero-order valence-electron chi connectivity index (χ0n) is 12.5. The zero-order chi connectivity index (χ0) is 14.4. The Labute approximate surface area is 121 Å². The van der Waals surface area contributed by atoms with E-state index in [1.807, 2.05) is 6.92 Å². The van der Waals surface area contributed by atoms with Crippen molar-refractivity contribution in [3.63, 3.8) is 0 Å². The second kappa shape index (κ2) is 7.13. The van der Waals surface area contributed by atoms with E-state index in [9.17, 15) is 4.79 Å². The van der Waals surface area contributed by atoms with E-state index in [0.29, 0.717) is 6.42 Å². The molecule has 0 saturated heterocycles. The van der Waals surface area contributed by atoms with E-state index >= 15 is 0 Å². The molecule has 2 aromatic rings. The number of aryl methyl sites for hydroxylation is 1. The Balaban J connectivity index is 2.08. The Morgan fingerprint density at radius 1 is 1.20 bits per heavy atom. The Kier molecular flexibility index (Phi) is 5.22. The van der Waals surface area contributed by atoms with Crippen LogP contribution in [0.4, 0.5) is 0 Å². The molecule has 1 aromatic heterocycles. The highest BCUT2D eigenvalue weighted by Crippen LogP contribution is 2.21. The van der Waals surface area contributed by atoms with Gasteiger partial charge in [0.15, 0.2) is 0 Å². The molecule has 0 unspecified atom stereocenters. The van der Waals surface area contributed by atoms with Crippen molar-refractivity contribution in [2.24, 2.45) is 0 Å². The molecular weight excluding hydrogens is 248 g/mol. The first-order valence-electron chi connectivity index (χ1n) is 7.59. The van der Waals surface area contributed by atoms with E-state index in [2.05, 4.69) is 47.3 Å². The third-order valence-corrected chi connectivity index (χ3v) is 3.53. The number of hydrogen-bond donors (Lipinski definition) is 1. The van der Waals surface area contributed by atoms with Gasteiger partial charge >= 0.3 is 0 Å². The van der Waals surface area contributed by atoms with E-state index in [0.717, 1.165) is 32.4 Å². The van der Waals surface area contributed by atoms with Gasteiger partial charge in [0.25, 0.3) is 0 Å². The number of fused-ring (bicyclic) bond motifs is 1. The van der Waals surface area contributed by atoms with Crippen LogP contribution in [0.1, 0.15) is 38.7 Å². The maximum absolute atomic E-state index is 11.5. The van der Waals surface area contributed by atoms with E-state index in [1.165, 1.54) is 16.5 Å². The second-order valence-corrected chi connectivity index (χ2v) is 5.21. The van der Waals surface area contributed by atoms with Gasteiger partial charge in [0.2, 0.25) is 5.91 Å². The number of nitrogens with one attached hydrogen (secondary N) is 1. The zero-order valence-corrected chi connectivity index (χ0v) is 12.5. The standard InChI is InChI=1S/C17H24N2O/c1-3-7-17(20)18-11-10-14-13-19(12-4-2)16-9-6-5-8-15(14)16/h5-6,8-9,13H,3-4,7,10-12H2,1-2H3,(H,18,20). The molecule has 1 aromatic carbocycles. The minimum atomic E-state index is 0.157. The number of rotatable bonds is 7. The van der Waals surface area contributed by atoms with Crippen LogP contribution in [-0.4, -0.2) is 17.0 Å². The Morgan fingerprint density at radius 2 is 2.00 bits per heavy atom. The molecule has 20 heavy (non-hydrogen) atoms. The molecule has 0 radical (unpaired) electrons. The molecule has 3 heteroatoms. The molecule has 1 heterocycles. The monoisotopic (exact) mass is 272 g/mol. The maximum atomic E-state index is 11.5. The lowest BCUT2D eigenvalue weighted by molar-refractivity contribution is -0.121. The Hall–Kier alpha value is -1.77. The number of carbonyl (C=O) groups excluding carboxylic acids is 1. The van der Waals surface area contributed by atoms with Crippen LogP contribution in [0.5, 0.6) is 0 Å². The third-order valence-electron chi connectivity index (χ3n) is 3.53. The van der Waals surface area contributed by atoms with Crippen molar-refractivity contribution in [1.82, 2.24) is 9.88 Å². The lowest BCUT2D eigenvalue weighted by atomic mass is 10.1. The van der Waals surface area contributed by atoms with Gasteiger partial charge in [-0.25, -0.2) is 0 Å². The molecule has 1 N–H and O–H groups in total. The summed E-state index contributed by atoms with van der Waals surface area (Å²) in [6.45, 7) is 5.99. The summed E-state index contributed by atoms with van der Waals surface area (Å²) in [6, 6.07) is 8.51. The van der Waals surface area contributed by atoms with Crippen LogP contribution in [0.15, 0.2) is 30.5 Å². The first-order chi connectivity index (χ1) is 9.76. The minimum Gasteiger partial charge on any atom is -0.356 e. The van der Waals surface area contributed by atoms with Gasteiger partial charge in [-0.1, -0.05) is 32.0 Å². The van der Waals surface area contributed by atoms with Crippen LogP contribution in [0.2, 0.25) is 0 Å². The molecule has 0 bridgehead atoms. The second-order valence-electron chi connectivity index (χ2n) is 5.21. The molecule has 0 fully saturated rings. The number of carbonyl (C=O) groups is 1. The quantitative estimate of drug-likeness (QED) is 0.822. The summed E-state index contributed by atoms with van der Waals surface area (Å²) in [4.78, 5) is 11.5. The summed E-state index contributed by atoms with van der Waals surface area (Å²) in [5, 5.41) is 4.30. The predicted molar refractivity (Wildman–Crippen MR) is 83.9 cm³/mol. The van der Waals surface area contributed by atoms with E-state index in [-0.39, 0.29) is 5.91 Å². The maximum Gasteiger partial charge on any atom is 0.219 e. The van der Waals surface area contributed by atoms with Gasteiger partial charge in [-0.2, -0.15) is 0 Å². The number of hydrogen-bond acceptors (Lipinski definition) is 1. The first-order valence-corrected chi connectivity index (χ1v) is 7.59. The molecule has 0 aliphatic carbocycles. The fourth-order valence-electron chi connectivity index (χ4n) is 2.60. The Bertz CT molecular complexity index is 571. The summed E-state index contributed by atoms with van der Waals surface area (Å²) < 4.78 is 2.32. The fraction of sp³-hybridized carbons (Fsp3) is 0.471. The van der Waals surface area contributed by atoms with Crippen LogP contribution in [-0.2, 0) is 17.8 Å². The van der Waals surface area contributed by atoms with Gasteiger partial charge in [-0.05, 0) is 30.9 Å². The van der Waals surface area contributed by atoms with Crippen LogP contribution >= 0.6 is 0 Å². The average molecular weight is 272 g/mol. The van der Waals surface area contributed by atoms with Crippen LogP contribution in [0.3, 0.4) is 0 Å². The van der Waals surface area contributed by atoms with Crippen LogP contribution in [0, 0.1) is 0 Å². The first kappa shape index (κ1) is 14.6. The summed E-state index contributed by atoms with van der Waals surface area (Å²) in [5.74, 6) is 0.157. The number of benzene rings is 1. The highest BCUT2D eigenvalue weighted by molar-refractivity contribution is 5.84.